The van der Waals surface area contributed by atoms with Crippen molar-refractivity contribution in [2.75, 3.05) is 19.6 Å². The molecule has 2 aliphatic heterocycles. The van der Waals surface area contributed by atoms with Gasteiger partial charge >= 0.3 is 0 Å². The molecule has 2 saturated heterocycles. The number of ether oxygens (including phenoxy) is 1. The van der Waals surface area contributed by atoms with E-state index in [1.54, 1.807) is 0 Å². The van der Waals surface area contributed by atoms with E-state index in [4.69, 9.17) is 16.3 Å². The highest BCUT2D eigenvalue weighted by atomic mass is 35.5. The first kappa shape index (κ1) is 25.7. The van der Waals surface area contributed by atoms with Crippen LogP contribution in [0, 0.1) is 28.6 Å². The molecule has 0 spiro atoms. The second-order valence-corrected chi connectivity index (χ2v) is 13.3. The predicted molar refractivity (Wildman–Crippen MR) is 131 cm³/mol. The first-order valence-corrected chi connectivity index (χ1v) is 13.2. The molecule has 1 aliphatic carbocycles. The largest absolute Gasteiger partial charge is 0.329 e. The summed E-state index contributed by atoms with van der Waals surface area (Å²) >= 11 is 6.38. The molecule has 3 N–H and O–H groups in total. The van der Waals surface area contributed by atoms with E-state index in [1.165, 1.54) is 45.2 Å². The number of nitrogens with one attached hydrogen (secondary N) is 3. The lowest BCUT2D eigenvalue weighted by Crippen LogP contribution is -2.56. The molecule has 5 nitrogen and oxygen atoms in total. The zero-order valence-corrected chi connectivity index (χ0v) is 21.9. The zero-order valence-electron chi connectivity index (χ0n) is 21.1. The van der Waals surface area contributed by atoms with Crippen LogP contribution >= 0.6 is 11.6 Å². The Labute approximate surface area is 196 Å². The van der Waals surface area contributed by atoms with Crippen molar-refractivity contribution in [3.05, 3.63) is 0 Å². The van der Waals surface area contributed by atoms with E-state index in [0.29, 0.717) is 22.8 Å². The average Bonchev–Trinajstić information content (AvgIpc) is 3.06. The maximum atomic E-state index is 6.38. The maximum Gasteiger partial charge on any atom is 0.178 e. The number of piperidine rings is 1. The molecular weight excluding hydrogens is 408 g/mol. The van der Waals surface area contributed by atoms with Gasteiger partial charge in [-0.05, 0) is 73.7 Å². The Morgan fingerprint density at radius 3 is 2.35 bits per heavy atom. The molecule has 0 aromatic heterocycles. The summed E-state index contributed by atoms with van der Waals surface area (Å²) in [5, 5.41) is 4.15. The van der Waals surface area contributed by atoms with Crippen LogP contribution in [0.5, 0.6) is 0 Å². The topological polar surface area (TPSA) is 48.6 Å². The lowest BCUT2D eigenvalue weighted by Gasteiger charge is -2.49. The molecule has 3 rings (SSSR count). The molecule has 4 atom stereocenters. The minimum atomic E-state index is -0.129. The van der Waals surface area contributed by atoms with Crippen molar-refractivity contribution >= 4 is 11.6 Å². The Morgan fingerprint density at radius 1 is 1.10 bits per heavy atom. The molecule has 31 heavy (non-hydrogen) atoms. The first-order chi connectivity index (χ1) is 14.4. The molecule has 3 aliphatic rings. The van der Waals surface area contributed by atoms with Crippen LogP contribution in [0.2, 0.25) is 0 Å². The third kappa shape index (κ3) is 7.55. The van der Waals surface area contributed by atoms with Gasteiger partial charge in [0.2, 0.25) is 0 Å². The van der Waals surface area contributed by atoms with Crippen molar-refractivity contribution in [1.82, 2.24) is 21.1 Å². The van der Waals surface area contributed by atoms with Gasteiger partial charge in [-0.2, -0.15) is 0 Å². The van der Waals surface area contributed by atoms with Gasteiger partial charge in [-0.15, -0.1) is 11.6 Å². The fourth-order valence-electron chi connectivity index (χ4n) is 6.06. The standard InChI is InChI=1S/C25H49ClN4O/c1-17(2)21(27-23-29-28-22(31-23)14-24(3,4)5)15-30-13-12-20(25(6,7)16-30)18-8-10-19(26)11-9-18/h17-23,27-29H,8-16H2,1-7H3. The summed E-state index contributed by atoms with van der Waals surface area (Å²) in [6.45, 7) is 19.9. The Kier molecular flexibility index (Phi) is 8.76. The van der Waals surface area contributed by atoms with Gasteiger partial charge < -0.3 is 9.64 Å². The van der Waals surface area contributed by atoms with E-state index in [-0.39, 0.29) is 18.0 Å². The Balaban J connectivity index is 1.50. The molecule has 0 aromatic carbocycles. The molecule has 0 bridgehead atoms. The van der Waals surface area contributed by atoms with Crippen molar-refractivity contribution in [3.8, 4) is 0 Å². The number of hydrazine groups is 1. The second-order valence-electron chi connectivity index (χ2n) is 12.7. The Morgan fingerprint density at radius 2 is 1.77 bits per heavy atom. The molecule has 2 heterocycles. The quantitative estimate of drug-likeness (QED) is 0.475. The summed E-state index contributed by atoms with van der Waals surface area (Å²) in [4.78, 5) is 2.69. The number of likely N-dealkylation sites (tertiary alicyclic amines) is 1. The highest BCUT2D eigenvalue weighted by molar-refractivity contribution is 6.20. The van der Waals surface area contributed by atoms with Crippen LogP contribution in [0.1, 0.15) is 87.0 Å². The fraction of sp³-hybridized carbons (Fsp3) is 1.00. The summed E-state index contributed by atoms with van der Waals surface area (Å²) in [5.74, 6) is 2.25. The first-order valence-electron chi connectivity index (χ1n) is 12.7. The van der Waals surface area contributed by atoms with Crippen molar-refractivity contribution in [2.24, 2.45) is 28.6 Å². The molecule has 3 fully saturated rings. The van der Waals surface area contributed by atoms with Crippen LogP contribution < -0.4 is 16.2 Å². The number of hydrogen-bond donors (Lipinski definition) is 3. The molecule has 182 valence electrons. The van der Waals surface area contributed by atoms with Crippen molar-refractivity contribution in [2.45, 2.75) is 111 Å². The third-order valence-corrected chi connectivity index (χ3v) is 8.20. The maximum absolute atomic E-state index is 6.38. The lowest BCUT2D eigenvalue weighted by molar-refractivity contribution is -0.0233. The Bertz CT molecular complexity index is 556. The predicted octanol–water partition coefficient (Wildman–Crippen LogP) is 4.92. The summed E-state index contributed by atoms with van der Waals surface area (Å²) in [6.07, 6.45) is 7.30. The molecule has 0 radical (unpaired) electrons. The van der Waals surface area contributed by atoms with Gasteiger partial charge in [0.05, 0.1) is 0 Å². The Hall–Kier alpha value is 0.0900. The highest BCUT2D eigenvalue weighted by Gasteiger charge is 2.41. The number of halogens is 1. The third-order valence-electron chi connectivity index (χ3n) is 7.76. The van der Waals surface area contributed by atoms with Crippen molar-refractivity contribution in [3.63, 3.8) is 0 Å². The van der Waals surface area contributed by atoms with E-state index >= 15 is 0 Å². The van der Waals surface area contributed by atoms with E-state index in [1.807, 2.05) is 0 Å². The van der Waals surface area contributed by atoms with Gasteiger partial charge in [0.1, 0.15) is 6.23 Å². The van der Waals surface area contributed by atoms with E-state index in [0.717, 1.165) is 24.8 Å². The minimum Gasteiger partial charge on any atom is -0.329 e. The fourth-order valence-corrected chi connectivity index (χ4v) is 6.31. The van der Waals surface area contributed by atoms with Gasteiger partial charge in [0.25, 0.3) is 0 Å². The van der Waals surface area contributed by atoms with Crippen LogP contribution in [-0.2, 0) is 4.74 Å². The van der Waals surface area contributed by atoms with Gasteiger partial charge in [0, 0.05) is 24.5 Å². The summed E-state index contributed by atoms with van der Waals surface area (Å²) in [6, 6.07) is 0.395. The normalized spacial score (nSPS) is 36.1. The van der Waals surface area contributed by atoms with Crippen LogP contribution in [-0.4, -0.2) is 48.5 Å². The monoisotopic (exact) mass is 456 g/mol. The molecule has 0 amide bonds. The summed E-state index contributed by atoms with van der Waals surface area (Å²) in [7, 11) is 0. The van der Waals surface area contributed by atoms with Crippen molar-refractivity contribution < 1.29 is 4.74 Å². The lowest BCUT2D eigenvalue weighted by atomic mass is 9.64. The number of hydrogen-bond acceptors (Lipinski definition) is 5. The van der Waals surface area contributed by atoms with E-state index in [9.17, 15) is 0 Å². The minimum absolute atomic E-state index is 0.0584. The second kappa shape index (κ2) is 10.6. The van der Waals surface area contributed by atoms with E-state index < -0.39 is 0 Å². The smallest absolute Gasteiger partial charge is 0.178 e. The average molecular weight is 457 g/mol. The number of alkyl halides is 1. The summed E-state index contributed by atoms with van der Waals surface area (Å²) < 4.78 is 6.19. The van der Waals surface area contributed by atoms with Crippen LogP contribution in [0.4, 0.5) is 0 Å². The molecule has 1 saturated carbocycles. The SMILES string of the molecule is CC(C)C(CN1CCC(C2CCC(Cl)CC2)C(C)(C)C1)NC1NNC(CC(C)(C)C)O1. The number of rotatable bonds is 7. The van der Waals surface area contributed by atoms with Gasteiger partial charge in [-0.25, -0.2) is 10.9 Å². The summed E-state index contributed by atoms with van der Waals surface area (Å²) in [5.41, 5.74) is 7.23. The highest BCUT2D eigenvalue weighted by Crippen LogP contribution is 2.45. The van der Waals surface area contributed by atoms with Crippen LogP contribution in [0.3, 0.4) is 0 Å². The van der Waals surface area contributed by atoms with Crippen LogP contribution in [0.25, 0.3) is 0 Å². The molecule has 6 heteroatoms. The molecular formula is C25H49ClN4O. The molecule has 0 aromatic rings. The van der Waals surface area contributed by atoms with E-state index in [2.05, 4.69) is 69.5 Å². The zero-order chi connectivity index (χ0) is 22.8. The molecule has 4 unspecified atom stereocenters. The van der Waals surface area contributed by atoms with Crippen LogP contribution in [0.15, 0.2) is 0 Å². The number of nitrogens with zero attached hydrogens (tertiary/aromatic N) is 1. The van der Waals surface area contributed by atoms with Gasteiger partial charge in [-0.3, -0.25) is 5.32 Å². The van der Waals surface area contributed by atoms with Gasteiger partial charge in [0.15, 0.2) is 6.35 Å². The van der Waals surface area contributed by atoms with Crippen molar-refractivity contribution in [1.29, 1.82) is 0 Å². The van der Waals surface area contributed by atoms with Gasteiger partial charge in [-0.1, -0.05) is 48.5 Å².